The molecular formula is C14H19NO3. The van der Waals surface area contributed by atoms with Gasteiger partial charge in [-0.25, -0.2) is 9.53 Å². The van der Waals surface area contributed by atoms with Crippen molar-refractivity contribution >= 4 is 5.78 Å². The van der Waals surface area contributed by atoms with Crippen LogP contribution in [-0.4, -0.2) is 10.5 Å². The number of carbonyl (C=O) groups is 1. The maximum absolute atomic E-state index is 12.1. The minimum absolute atomic E-state index is 0.0584. The zero-order valence-corrected chi connectivity index (χ0v) is 10.8. The third kappa shape index (κ3) is 1.74. The zero-order chi connectivity index (χ0) is 12.7. The van der Waals surface area contributed by atoms with Gasteiger partial charge < -0.3 is 4.52 Å². The third-order valence-corrected chi connectivity index (χ3v) is 4.52. The summed E-state index contributed by atoms with van der Waals surface area (Å²) in [6, 6.07) is 0. The van der Waals surface area contributed by atoms with Gasteiger partial charge in [-0.05, 0) is 32.1 Å². The van der Waals surface area contributed by atoms with E-state index in [-0.39, 0.29) is 17.5 Å². The molecule has 0 saturated heterocycles. The summed E-state index contributed by atoms with van der Waals surface area (Å²) in [4.78, 5) is 24.0. The lowest BCUT2D eigenvalue weighted by Crippen LogP contribution is -2.30. The molecule has 1 aromatic heterocycles. The second-order valence-corrected chi connectivity index (χ2v) is 5.55. The first-order chi connectivity index (χ1) is 8.68. The monoisotopic (exact) mass is 249 g/mol. The summed E-state index contributed by atoms with van der Waals surface area (Å²) in [5.41, 5.74) is 1.58. The maximum atomic E-state index is 12.1. The number of fused-ring (bicyclic) bond motifs is 1. The Hall–Kier alpha value is -1.32. The lowest BCUT2D eigenvalue weighted by Gasteiger charge is -2.31. The molecule has 0 N–H and O–H groups in total. The predicted octanol–water partition coefficient (Wildman–Crippen LogP) is 2.16. The molecule has 18 heavy (non-hydrogen) atoms. The smallest absolute Gasteiger partial charge is 0.336 e. The lowest BCUT2D eigenvalue weighted by molar-refractivity contribution is -0.125. The van der Waals surface area contributed by atoms with Gasteiger partial charge in [0, 0.05) is 25.3 Å². The van der Waals surface area contributed by atoms with E-state index in [0.717, 1.165) is 49.8 Å². The number of Topliss-reactive ketones (excluding diaryl/α,β-unsaturated/α-hetero) is 1. The highest BCUT2D eigenvalue weighted by atomic mass is 16.5. The van der Waals surface area contributed by atoms with E-state index in [4.69, 9.17) is 4.52 Å². The highest BCUT2D eigenvalue weighted by molar-refractivity contribution is 5.82. The van der Waals surface area contributed by atoms with E-state index in [1.165, 1.54) is 0 Å². The molecular weight excluding hydrogens is 230 g/mol. The maximum Gasteiger partial charge on any atom is 0.361 e. The molecule has 1 aromatic rings. The van der Waals surface area contributed by atoms with Crippen LogP contribution < -0.4 is 5.63 Å². The molecule has 2 aliphatic rings. The minimum Gasteiger partial charge on any atom is -0.336 e. The van der Waals surface area contributed by atoms with Crippen LogP contribution in [0, 0.1) is 5.92 Å². The first-order valence-corrected chi connectivity index (χ1v) is 6.90. The van der Waals surface area contributed by atoms with Crippen molar-refractivity contribution in [1.29, 1.82) is 0 Å². The Labute approximate surface area is 106 Å². The molecule has 0 aromatic carbocycles. The molecule has 98 valence electrons. The van der Waals surface area contributed by atoms with Gasteiger partial charge in [0.1, 0.15) is 5.78 Å². The Morgan fingerprint density at radius 2 is 1.83 bits per heavy atom. The van der Waals surface area contributed by atoms with E-state index in [9.17, 15) is 9.59 Å². The van der Waals surface area contributed by atoms with Crippen LogP contribution in [0.5, 0.6) is 0 Å². The summed E-state index contributed by atoms with van der Waals surface area (Å²) in [7, 11) is 1.78. The van der Waals surface area contributed by atoms with Gasteiger partial charge in [-0.3, -0.25) is 4.79 Å². The summed E-state index contributed by atoms with van der Waals surface area (Å²) in [6.45, 7) is 0. The van der Waals surface area contributed by atoms with Crippen molar-refractivity contribution in [2.45, 2.75) is 50.9 Å². The number of hydrogen-bond donors (Lipinski definition) is 0. The van der Waals surface area contributed by atoms with E-state index < -0.39 is 0 Å². The molecule has 1 fully saturated rings. The summed E-state index contributed by atoms with van der Waals surface area (Å²) in [6.07, 6.45) is 6.66. The first-order valence-electron chi connectivity index (χ1n) is 6.90. The molecule has 0 radical (unpaired) electrons. The predicted molar refractivity (Wildman–Crippen MR) is 66.6 cm³/mol. The van der Waals surface area contributed by atoms with Crippen molar-refractivity contribution < 1.29 is 9.32 Å². The zero-order valence-electron chi connectivity index (χ0n) is 10.8. The SMILES string of the molecule is Cn1oc(=O)c2c1CCC[C@H]2C1CCCCC1=O. The van der Waals surface area contributed by atoms with Crippen LogP contribution in [0.2, 0.25) is 0 Å². The Balaban J connectivity index is 2.00. The van der Waals surface area contributed by atoms with Crippen molar-refractivity contribution in [2.24, 2.45) is 13.0 Å². The fraction of sp³-hybridized carbons (Fsp3) is 0.714. The Kier molecular flexibility index (Phi) is 2.88. The Morgan fingerprint density at radius 3 is 2.61 bits per heavy atom. The Bertz CT molecular complexity index is 526. The van der Waals surface area contributed by atoms with Gasteiger partial charge in [-0.15, -0.1) is 0 Å². The fourth-order valence-electron chi connectivity index (χ4n) is 3.65. The molecule has 3 rings (SSSR count). The number of carbonyl (C=O) groups excluding carboxylic acids is 1. The van der Waals surface area contributed by atoms with Crippen molar-refractivity contribution in [1.82, 2.24) is 4.74 Å². The molecule has 0 aliphatic heterocycles. The molecule has 4 nitrogen and oxygen atoms in total. The normalized spacial score (nSPS) is 28.2. The van der Waals surface area contributed by atoms with E-state index in [1.54, 1.807) is 11.8 Å². The average molecular weight is 249 g/mol. The van der Waals surface area contributed by atoms with Crippen LogP contribution in [0.15, 0.2) is 9.32 Å². The third-order valence-electron chi connectivity index (χ3n) is 4.52. The van der Waals surface area contributed by atoms with E-state index in [0.29, 0.717) is 12.2 Å². The number of hydrogen-bond acceptors (Lipinski definition) is 3. The van der Waals surface area contributed by atoms with Crippen LogP contribution >= 0.6 is 0 Å². The summed E-state index contributed by atoms with van der Waals surface area (Å²) in [5, 5.41) is 0. The number of rotatable bonds is 1. The van der Waals surface area contributed by atoms with Gasteiger partial charge in [0.25, 0.3) is 0 Å². The molecule has 0 bridgehead atoms. The van der Waals surface area contributed by atoms with Crippen molar-refractivity contribution in [3.8, 4) is 0 Å². The van der Waals surface area contributed by atoms with Gasteiger partial charge >= 0.3 is 5.63 Å². The van der Waals surface area contributed by atoms with E-state index in [1.807, 2.05) is 0 Å². The van der Waals surface area contributed by atoms with E-state index >= 15 is 0 Å². The van der Waals surface area contributed by atoms with Crippen LogP contribution in [0.4, 0.5) is 0 Å². The molecule has 0 amide bonds. The average Bonchev–Trinajstić information content (AvgIpc) is 2.66. The molecule has 1 unspecified atom stereocenters. The van der Waals surface area contributed by atoms with Crippen LogP contribution in [-0.2, 0) is 18.3 Å². The highest BCUT2D eigenvalue weighted by Gasteiger charge is 2.37. The van der Waals surface area contributed by atoms with Crippen molar-refractivity contribution in [2.75, 3.05) is 0 Å². The highest BCUT2D eigenvalue weighted by Crippen LogP contribution is 2.40. The molecule has 1 saturated carbocycles. The Morgan fingerprint density at radius 1 is 1.06 bits per heavy atom. The summed E-state index contributed by atoms with van der Waals surface area (Å²) >= 11 is 0. The lowest BCUT2D eigenvalue weighted by atomic mass is 9.71. The largest absolute Gasteiger partial charge is 0.361 e. The number of aromatic nitrogens is 1. The quantitative estimate of drug-likeness (QED) is 0.766. The van der Waals surface area contributed by atoms with Gasteiger partial charge in [0.05, 0.1) is 11.3 Å². The standard InChI is InChI=1S/C14H19NO3/c1-15-11-7-4-6-10(13(11)14(17)18-15)9-5-2-3-8-12(9)16/h9-10H,2-8H2,1H3/t9?,10-/m0/s1. The van der Waals surface area contributed by atoms with Gasteiger partial charge in [-0.1, -0.05) is 6.42 Å². The van der Waals surface area contributed by atoms with Gasteiger partial charge in [0.15, 0.2) is 0 Å². The second kappa shape index (κ2) is 4.41. The number of nitrogens with zero attached hydrogens (tertiary/aromatic N) is 1. The van der Waals surface area contributed by atoms with Gasteiger partial charge in [0.2, 0.25) is 0 Å². The topological polar surface area (TPSA) is 52.2 Å². The number of ketones is 1. The first kappa shape index (κ1) is 11.8. The minimum atomic E-state index is -0.226. The van der Waals surface area contributed by atoms with Gasteiger partial charge in [-0.2, -0.15) is 0 Å². The molecule has 0 spiro atoms. The van der Waals surface area contributed by atoms with Crippen LogP contribution in [0.25, 0.3) is 0 Å². The molecule has 2 atom stereocenters. The van der Waals surface area contributed by atoms with Crippen LogP contribution in [0.3, 0.4) is 0 Å². The molecule has 4 heteroatoms. The van der Waals surface area contributed by atoms with E-state index in [2.05, 4.69) is 0 Å². The summed E-state index contributed by atoms with van der Waals surface area (Å²) in [5.74, 6) is 0.518. The number of aryl methyl sites for hydroxylation is 1. The van der Waals surface area contributed by atoms with Crippen LogP contribution in [0.1, 0.15) is 55.7 Å². The van der Waals surface area contributed by atoms with Crippen molar-refractivity contribution in [3.63, 3.8) is 0 Å². The second-order valence-electron chi connectivity index (χ2n) is 5.55. The van der Waals surface area contributed by atoms with Crippen molar-refractivity contribution in [3.05, 3.63) is 21.7 Å². The molecule has 1 heterocycles. The summed E-state index contributed by atoms with van der Waals surface area (Å²) < 4.78 is 6.77. The fourth-order valence-corrected chi connectivity index (χ4v) is 3.65. The molecule has 2 aliphatic carbocycles.